The second-order valence-corrected chi connectivity index (χ2v) is 5.20. The minimum Gasteiger partial charge on any atom is -0.375 e. The molecule has 0 fully saturated rings. The van der Waals surface area contributed by atoms with Crippen molar-refractivity contribution in [1.29, 1.82) is 0 Å². The molecule has 0 amide bonds. The Kier molecular flexibility index (Phi) is 5.72. The van der Waals surface area contributed by atoms with Crippen LogP contribution in [0.3, 0.4) is 0 Å². The van der Waals surface area contributed by atoms with Gasteiger partial charge in [-0.1, -0.05) is 28.1 Å². The molecule has 0 saturated carbocycles. The van der Waals surface area contributed by atoms with Crippen LogP contribution >= 0.6 is 15.9 Å². The fourth-order valence-corrected chi connectivity index (χ4v) is 2.45. The molecule has 0 spiro atoms. The third-order valence-corrected chi connectivity index (χ3v) is 3.50. The predicted molar refractivity (Wildman–Crippen MR) is 79.4 cm³/mol. The van der Waals surface area contributed by atoms with Gasteiger partial charge in [-0.2, -0.15) is 0 Å². The Morgan fingerprint density at radius 3 is 2.76 bits per heavy atom. The van der Waals surface area contributed by atoms with Crippen molar-refractivity contribution in [1.82, 2.24) is 0 Å². The number of halogens is 1. The quantitative estimate of drug-likeness (QED) is 0.638. The van der Waals surface area contributed by atoms with Gasteiger partial charge < -0.3 is 10.6 Å². The predicted octanol–water partition coefficient (Wildman–Crippen LogP) is 3.87. The van der Waals surface area contributed by atoms with Gasteiger partial charge in [0.2, 0.25) is 0 Å². The lowest BCUT2D eigenvalue weighted by Crippen LogP contribution is -2.18. The number of anilines is 1. The van der Waals surface area contributed by atoms with Crippen molar-refractivity contribution in [3.05, 3.63) is 40.9 Å². The molecule has 0 heterocycles. The van der Waals surface area contributed by atoms with Crippen LogP contribution in [0.1, 0.15) is 31.4 Å². The first-order chi connectivity index (χ1) is 8.06. The van der Waals surface area contributed by atoms with Crippen LogP contribution in [0.4, 0.5) is 5.69 Å². The van der Waals surface area contributed by atoms with Crippen molar-refractivity contribution in [2.75, 3.05) is 18.5 Å². The first kappa shape index (κ1) is 14.3. The Morgan fingerprint density at radius 2 is 2.24 bits per heavy atom. The second-order valence-electron chi connectivity index (χ2n) is 4.35. The lowest BCUT2D eigenvalue weighted by molar-refractivity contribution is 0.795. The molecule has 0 bridgehead atoms. The summed E-state index contributed by atoms with van der Waals surface area (Å²) < 4.78 is 1.08. The minimum absolute atomic E-state index is 0.0597. The monoisotopic (exact) mass is 296 g/mol. The zero-order valence-electron chi connectivity index (χ0n) is 10.6. The van der Waals surface area contributed by atoms with E-state index in [0.717, 1.165) is 29.4 Å². The molecule has 0 unspecified atom stereocenters. The van der Waals surface area contributed by atoms with Gasteiger partial charge in [0.25, 0.3) is 0 Å². The third-order valence-electron chi connectivity index (χ3n) is 2.82. The summed E-state index contributed by atoms with van der Waals surface area (Å²) in [6.07, 6.45) is 4.15. The molecule has 0 aromatic heterocycles. The molecule has 1 aromatic rings. The first-order valence-electron chi connectivity index (χ1n) is 5.93. The summed E-state index contributed by atoms with van der Waals surface area (Å²) >= 11 is 3.58. The third kappa shape index (κ3) is 4.17. The number of nitrogens with two attached hydrogens (primary N) is 1. The standard InChI is InChI=1S/C14H21BrN2/c1-4-5-6-9-17(3)12-7-8-13(11(2)16)14(15)10-12/h4,7-8,10-11H,1,5-6,9,16H2,2-3H3/t11-/m0/s1. The molecule has 1 atom stereocenters. The zero-order valence-corrected chi connectivity index (χ0v) is 12.2. The van der Waals surface area contributed by atoms with Gasteiger partial charge in [-0.25, -0.2) is 0 Å². The Labute approximate surface area is 113 Å². The molecule has 0 aliphatic rings. The number of unbranched alkanes of at least 4 members (excludes halogenated alkanes) is 1. The van der Waals surface area contributed by atoms with Gasteiger partial charge in [0.15, 0.2) is 0 Å². The summed E-state index contributed by atoms with van der Waals surface area (Å²) in [5.74, 6) is 0. The van der Waals surface area contributed by atoms with Crippen LogP contribution in [0.25, 0.3) is 0 Å². The molecule has 1 aromatic carbocycles. The maximum Gasteiger partial charge on any atom is 0.0375 e. The number of nitrogens with zero attached hydrogens (tertiary/aromatic N) is 1. The van der Waals surface area contributed by atoms with Crippen molar-refractivity contribution in [2.24, 2.45) is 5.73 Å². The summed E-state index contributed by atoms with van der Waals surface area (Å²) in [5, 5.41) is 0. The van der Waals surface area contributed by atoms with E-state index in [1.807, 2.05) is 13.0 Å². The number of hydrogen-bond acceptors (Lipinski definition) is 2. The summed E-state index contributed by atoms with van der Waals surface area (Å²) in [7, 11) is 2.11. The average molecular weight is 297 g/mol. The van der Waals surface area contributed by atoms with Crippen molar-refractivity contribution >= 4 is 21.6 Å². The molecule has 0 saturated heterocycles. The fourth-order valence-electron chi connectivity index (χ4n) is 1.72. The number of allylic oxidation sites excluding steroid dienone is 1. The Bertz CT molecular complexity index is 374. The molecule has 2 nitrogen and oxygen atoms in total. The van der Waals surface area contributed by atoms with Crippen molar-refractivity contribution in [2.45, 2.75) is 25.8 Å². The summed E-state index contributed by atoms with van der Waals surface area (Å²) in [4.78, 5) is 2.25. The van der Waals surface area contributed by atoms with E-state index in [9.17, 15) is 0 Å². The van der Waals surface area contributed by atoms with Gasteiger partial charge in [-0.3, -0.25) is 0 Å². The van der Waals surface area contributed by atoms with E-state index in [4.69, 9.17) is 5.73 Å². The molecule has 1 rings (SSSR count). The fraction of sp³-hybridized carbons (Fsp3) is 0.429. The summed E-state index contributed by atoms with van der Waals surface area (Å²) in [5.41, 5.74) is 8.24. The van der Waals surface area contributed by atoms with E-state index in [1.54, 1.807) is 0 Å². The molecular formula is C14H21BrN2. The van der Waals surface area contributed by atoms with Gasteiger partial charge in [-0.15, -0.1) is 6.58 Å². The van der Waals surface area contributed by atoms with E-state index in [2.05, 4.69) is 52.7 Å². The molecule has 0 aliphatic heterocycles. The highest BCUT2D eigenvalue weighted by molar-refractivity contribution is 9.10. The largest absolute Gasteiger partial charge is 0.375 e. The van der Waals surface area contributed by atoms with Gasteiger partial charge in [-0.05, 0) is 37.5 Å². The first-order valence-corrected chi connectivity index (χ1v) is 6.72. The molecule has 17 heavy (non-hydrogen) atoms. The van der Waals surface area contributed by atoms with Gasteiger partial charge in [0, 0.05) is 29.8 Å². The number of benzene rings is 1. The normalized spacial score (nSPS) is 12.2. The minimum atomic E-state index is 0.0597. The van der Waals surface area contributed by atoms with Crippen LogP contribution in [-0.2, 0) is 0 Å². The van der Waals surface area contributed by atoms with Crippen molar-refractivity contribution < 1.29 is 0 Å². The highest BCUT2D eigenvalue weighted by Crippen LogP contribution is 2.27. The molecular weight excluding hydrogens is 276 g/mol. The van der Waals surface area contributed by atoms with Crippen molar-refractivity contribution in [3.8, 4) is 0 Å². The molecule has 0 radical (unpaired) electrons. The van der Waals surface area contributed by atoms with Crippen LogP contribution in [0.15, 0.2) is 35.3 Å². The van der Waals surface area contributed by atoms with Crippen LogP contribution < -0.4 is 10.6 Å². The second kappa shape index (κ2) is 6.82. The molecule has 3 heteroatoms. The summed E-state index contributed by atoms with van der Waals surface area (Å²) in [6, 6.07) is 6.41. The van der Waals surface area contributed by atoms with E-state index in [1.165, 1.54) is 5.69 Å². The zero-order chi connectivity index (χ0) is 12.8. The average Bonchev–Trinajstić information content (AvgIpc) is 2.28. The van der Waals surface area contributed by atoms with Gasteiger partial charge >= 0.3 is 0 Å². The summed E-state index contributed by atoms with van der Waals surface area (Å²) in [6.45, 7) is 6.77. The van der Waals surface area contributed by atoms with Gasteiger partial charge in [0.1, 0.15) is 0 Å². The SMILES string of the molecule is C=CCCCN(C)c1ccc([C@H](C)N)c(Br)c1. The maximum atomic E-state index is 5.88. The lowest BCUT2D eigenvalue weighted by atomic mass is 10.1. The Balaban J connectivity index is 2.72. The van der Waals surface area contributed by atoms with E-state index in [0.29, 0.717) is 0 Å². The highest BCUT2D eigenvalue weighted by atomic mass is 79.9. The van der Waals surface area contributed by atoms with Crippen LogP contribution in [-0.4, -0.2) is 13.6 Å². The Morgan fingerprint density at radius 1 is 1.53 bits per heavy atom. The van der Waals surface area contributed by atoms with E-state index >= 15 is 0 Å². The topological polar surface area (TPSA) is 29.3 Å². The molecule has 94 valence electrons. The van der Waals surface area contributed by atoms with Gasteiger partial charge in [0.05, 0.1) is 0 Å². The van der Waals surface area contributed by atoms with Crippen LogP contribution in [0.5, 0.6) is 0 Å². The number of rotatable bonds is 6. The van der Waals surface area contributed by atoms with E-state index in [-0.39, 0.29) is 6.04 Å². The smallest absolute Gasteiger partial charge is 0.0375 e. The lowest BCUT2D eigenvalue weighted by Gasteiger charge is -2.20. The number of hydrogen-bond donors (Lipinski definition) is 1. The van der Waals surface area contributed by atoms with Crippen molar-refractivity contribution in [3.63, 3.8) is 0 Å². The Hall–Kier alpha value is -0.800. The maximum absolute atomic E-state index is 5.88. The van der Waals surface area contributed by atoms with Crippen LogP contribution in [0, 0.1) is 0 Å². The molecule has 2 N–H and O–H groups in total. The molecule has 0 aliphatic carbocycles. The van der Waals surface area contributed by atoms with Crippen LogP contribution in [0.2, 0.25) is 0 Å². The van der Waals surface area contributed by atoms with E-state index < -0.39 is 0 Å². The highest BCUT2D eigenvalue weighted by Gasteiger charge is 2.07.